The number of fused-ring (bicyclic) bond motifs is 1. The van der Waals surface area contributed by atoms with Crippen LogP contribution in [0.25, 0.3) is 17.1 Å². The molecule has 3 aromatic heterocycles. The molecule has 0 atom stereocenters. The van der Waals surface area contributed by atoms with E-state index in [0.717, 1.165) is 34.2 Å². The number of halogens is 1. The molecule has 0 fully saturated rings. The predicted octanol–water partition coefficient (Wildman–Crippen LogP) is 5.30. The van der Waals surface area contributed by atoms with Gasteiger partial charge in [0.25, 0.3) is 0 Å². The summed E-state index contributed by atoms with van der Waals surface area (Å²) >= 11 is 6.09. The smallest absolute Gasteiger partial charge is 0.156 e. The lowest BCUT2D eigenvalue weighted by Gasteiger charge is -2.08. The van der Waals surface area contributed by atoms with Gasteiger partial charge in [-0.3, -0.25) is 4.40 Å². The quantitative estimate of drug-likeness (QED) is 0.556. The summed E-state index contributed by atoms with van der Waals surface area (Å²) < 4.78 is 7.56. The number of anilines is 2. The van der Waals surface area contributed by atoms with Crippen molar-refractivity contribution in [2.45, 2.75) is 6.92 Å². The molecule has 0 bridgehead atoms. The molecule has 0 aliphatic rings. The lowest BCUT2D eigenvalue weighted by molar-refractivity contribution is 0.581. The van der Waals surface area contributed by atoms with Crippen molar-refractivity contribution in [2.24, 2.45) is 0 Å². The summed E-state index contributed by atoms with van der Waals surface area (Å²) in [7, 11) is 0. The number of hydrogen-bond donors (Lipinski definition) is 1. The third-order valence-electron chi connectivity index (χ3n) is 3.61. The predicted molar refractivity (Wildman–Crippen MR) is 92.4 cm³/mol. The lowest BCUT2D eigenvalue weighted by Crippen LogP contribution is -1.97. The van der Waals surface area contributed by atoms with E-state index in [1.807, 2.05) is 59.1 Å². The van der Waals surface area contributed by atoms with E-state index in [1.165, 1.54) is 0 Å². The molecular weight excluding hydrogens is 310 g/mol. The number of rotatable bonds is 3. The zero-order valence-electron chi connectivity index (χ0n) is 12.5. The summed E-state index contributed by atoms with van der Waals surface area (Å²) in [5.74, 6) is 1.57. The molecule has 0 aliphatic carbocycles. The Labute approximate surface area is 138 Å². The van der Waals surface area contributed by atoms with Gasteiger partial charge in [0.05, 0.1) is 6.26 Å². The Morgan fingerprint density at radius 2 is 2.04 bits per heavy atom. The SMILES string of the molecule is Cc1ccc2nc(-c3ccco3)c(Nc3cccc(Cl)c3)n2c1. The van der Waals surface area contributed by atoms with Crippen LogP contribution >= 0.6 is 11.6 Å². The van der Waals surface area contributed by atoms with Crippen LogP contribution in [0.3, 0.4) is 0 Å². The highest BCUT2D eigenvalue weighted by Gasteiger charge is 2.16. The highest BCUT2D eigenvalue weighted by molar-refractivity contribution is 6.30. The van der Waals surface area contributed by atoms with E-state index < -0.39 is 0 Å². The normalized spacial score (nSPS) is 11.0. The van der Waals surface area contributed by atoms with Gasteiger partial charge in [-0.2, -0.15) is 0 Å². The summed E-state index contributed by atoms with van der Waals surface area (Å²) in [5, 5.41) is 4.09. The van der Waals surface area contributed by atoms with Crippen molar-refractivity contribution in [3.05, 3.63) is 71.6 Å². The summed E-state index contributed by atoms with van der Waals surface area (Å²) in [6.07, 6.45) is 3.69. The van der Waals surface area contributed by atoms with E-state index in [-0.39, 0.29) is 0 Å². The minimum absolute atomic E-state index is 0.680. The summed E-state index contributed by atoms with van der Waals surface area (Å²) in [5.41, 5.74) is 3.66. The minimum Gasteiger partial charge on any atom is -0.463 e. The molecule has 23 heavy (non-hydrogen) atoms. The Bertz CT molecular complexity index is 973. The van der Waals surface area contributed by atoms with Crippen LogP contribution < -0.4 is 5.32 Å². The molecule has 1 aromatic carbocycles. The largest absolute Gasteiger partial charge is 0.463 e. The monoisotopic (exact) mass is 323 g/mol. The first-order valence-corrected chi connectivity index (χ1v) is 7.64. The first-order valence-electron chi connectivity index (χ1n) is 7.26. The maximum atomic E-state index is 6.09. The third kappa shape index (κ3) is 2.58. The van der Waals surface area contributed by atoms with Crippen LogP contribution in [0.4, 0.5) is 11.5 Å². The van der Waals surface area contributed by atoms with Gasteiger partial charge in [-0.25, -0.2) is 4.98 Å². The van der Waals surface area contributed by atoms with Crippen molar-refractivity contribution in [1.29, 1.82) is 0 Å². The molecule has 0 spiro atoms. The van der Waals surface area contributed by atoms with Crippen molar-refractivity contribution in [2.75, 3.05) is 5.32 Å². The average Bonchev–Trinajstić information content (AvgIpc) is 3.16. The standard InChI is InChI=1S/C18H14ClN3O/c1-12-7-8-16-21-17(15-6-3-9-23-15)18(22(16)11-12)20-14-5-2-4-13(19)10-14/h2-11,20H,1H3. The first kappa shape index (κ1) is 13.9. The van der Waals surface area contributed by atoms with Crippen molar-refractivity contribution in [1.82, 2.24) is 9.38 Å². The van der Waals surface area contributed by atoms with Crippen LogP contribution in [0.1, 0.15) is 5.56 Å². The molecule has 0 aliphatic heterocycles. The fourth-order valence-electron chi connectivity index (χ4n) is 2.56. The summed E-state index contributed by atoms with van der Waals surface area (Å²) in [4.78, 5) is 4.69. The molecule has 0 unspecified atom stereocenters. The number of hydrogen-bond acceptors (Lipinski definition) is 3. The number of nitrogens with zero attached hydrogens (tertiary/aromatic N) is 2. The molecule has 0 saturated carbocycles. The minimum atomic E-state index is 0.680. The average molecular weight is 324 g/mol. The van der Waals surface area contributed by atoms with E-state index in [9.17, 15) is 0 Å². The highest BCUT2D eigenvalue weighted by atomic mass is 35.5. The number of imidazole rings is 1. The van der Waals surface area contributed by atoms with Crippen molar-refractivity contribution in [3.63, 3.8) is 0 Å². The molecular formula is C18H14ClN3O. The van der Waals surface area contributed by atoms with E-state index in [2.05, 4.69) is 17.2 Å². The molecule has 0 amide bonds. The van der Waals surface area contributed by atoms with Crippen LogP contribution in [-0.2, 0) is 0 Å². The van der Waals surface area contributed by atoms with Gasteiger partial charge in [-0.05, 0) is 48.9 Å². The molecule has 4 rings (SSSR count). The molecule has 0 radical (unpaired) electrons. The first-order chi connectivity index (χ1) is 11.2. The number of nitrogens with one attached hydrogen (secondary N) is 1. The van der Waals surface area contributed by atoms with Gasteiger partial charge in [0, 0.05) is 16.9 Å². The Balaban J connectivity index is 1.91. The number of aryl methyl sites for hydroxylation is 1. The molecule has 0 saturated heterocycles. The second-order valence-corrected chi connectivity index (χ2v) is 5.79. The maximum absolute atomic E-state index is 6.09. The molecule has 4 nitrogen and oxygen atoms in total. The van der Waals surface area contributed by atoms with Crippen molar-refractivity contribution < 1.29 is 4.42 Å². The summed E-state index contributed by atoms with van der Waals surface area (Å²) in [6, 6.07) is 15.4. The zero-order chi connectivity index (χ0) is 15.8. The van der Waals surface area contributed by atoms with Gasteiger partial charge in [0.1, 0.15) is 17.2 Å². The van der Waals surface area contributed by atoms with Gasteiger partial charge in [0.15, 0.2) is 5.76 Å². The summed E-state index contributed by atoms with van der Waals surface area (Å²) in [6.45, 7) is 2.05. The fraction of sp³-hybridized carbons (Fsp3) is 0.0556. The number of aromatic nitrogens is 2. The van der Waals surface area contributed by atoms with Crippen LogP contribution in [0.2, 0.25) is 5.02 Å². The Hall–Kier alpha value is -2.72. The molecule has 5 heteroatoms. The van der Waals surface area contributed by atoms with Crippen LogP contribution in [0.5, 0.6) is 0 Å². The molecule has 1 N–H and O–H groups in total. The topological polar surface area (TPSA) is 42.5 Å². The van der Waals surface area contributed by atoms with Gasteiger partial charge in [0.2, 0.25) is 0 Å². The number of pyridine rings is 1. The van der Waals surface area contributed by atoms with E-state index in [1.54, 1.807) is 6.26 Å². The van der Waals surface area contributed by atoms with Gasteiger partial charge in [-0.1, -0.05) is 23.7 Å². The van der Waals surface area contributed by atoms with Crippen molar-refractivity contribution >= 4 is 28.8 Å². The highest BCUT2D eigenvalue weighted by Crippen LogP contribution is 2.32. The third-order valence-corrected chi connectivity index (χ3v) is 3.84. The van der Waals surface area contributed by atoms with E-state index in [4.69, 9.17) is 16.0 Å². The molecule has 4 aromatic rings. The van der Waals surface area contributed by atoms with Gasteiger partial charge in [-0.15, -0.1) is 0 Å². The second-order valence-electron chi connectivity index (χ2n) is 5.36. The Morgan fingerprint density at radius 3 is 2.83 bits per heavy atom. The van der Waals surface area contributed by atoms with Crippen molar-refractivity contribution in [3.8, 4) is 11.5 Å². The Morgan fingerprint density at radius 1 is 1.13 bits per heavy atom. The van der Waals surface area contributed by atoms with Gasteiger partial charge >= 0.3 is 0 Å². The lowest BCUT2D eigenvalue weighted by atomic mass is 10.3. The number of benzene rings is 1. The number of furan rings is 1. The maximum Gasteiger partial charge on any atom is 0.156 e. The second kappa shape index (κ2) is 5.48. The Kier molecular flexibility index (Phi) is 3.32. The van der Waals surface area contributed by atoms with Crippen LogP contribution in [0.15, 0.2) is 65.4 Å². The van der Waals surface area contributed by atoms with E-state index in [0.29, 0.717) is 5.02 Å². The fourth-order valence-corrected chi connectivity index (χ4v) is 2.75. The molecule has 114 valence electrons. The van der Waals surface area contributed by atoms with Gasteiger partial charge < -0.3 is 9.73 Å². The van der Waals surface area contributed by atoms with E-state index >= 15 is 0 Å². The van der Waals surface area contributed by atoms with Crippen LogP contribution in [-0.4, -0.2) is 9.38 Å². The molecule has 3 heterocycles. The van der Waals surface area contributed by atoms with Crippen LogP contribution in [0, 0.1) is 6.92 Å². The zero-order valence-corrected chi connectivity index (χ0v) is 13.2.